The Kier molecular flexibility index (Phi) is 4.67. The van der Waals surface area contributed by atoms with Crippen molar-refractivity contribution in [1.82, 2.24) is 4.90 Å². The minimum atomic E-state index is -1.47. The van der Waals surface area contributed by atoms with Gasteiger partial charge in [-0.1, -0.05) is 6.07 Å². The number of benzene rings is 2. The second kappa shape index (κ2) is 7.20. The molecule has 0 radical (unpaired) electrons. The molecule has 2 N–H and O–H groups in total. The summed E-state index contributed by atoms with van der Waals surface area (Å²) in [5.74, 6) is -2.21. The summed E-state index contributed by atoms with van der Waals surface area (Å²) in [5, 5.41) is 19.4. The molecule has 2 fully saturated rings. The highest BCUT2D eigenvalue weighted by atomic mass is 19.1. The minimum Gasteiger partial charge on any atom is -0.508 e. The zero-order chi connectivity index (χ0) is 22.8. The molecule has 3 aliphatic rings. The first kappa shape index (κ1) is 20.8. The standard InChI is InChI=1S/C24H24FNO6/c1-24(2)15-11-17-19(31-21(15)14-10-12(27)6-7-18(14)32-24)8-9-26(17)22(28)13-4-3-5-16(25)20(13)23(29)30/h3-7,10,15,17,19,21,27H,8-9,11H2,1-2H3,(H,29,30)/t15-,17+,19-,21+/m0/s1. The number of rotatable bonds is 2. The van der Waals surface area contributed by atoms with E-state index >= 15 is 0 Å². The molecule has 0 aliphatic carbocycles. The molecule has 3 aliphatic heterocycles. The molecular formula is C24H24FNO6. The molecule has 0 saturated carbocycles. The summed E-state index contributed by atoms with van der Waals surface area (Å²) in [4.78, 5) is 26.5. The Bertz CT molecular complexity index is 1120. The van der Waals surface area contributed by atoms with E-state index in [1.54, 1.807) is 23.1 Å². The fourth-order valence-electron chi connectivity index (χ4n) is 5.41. The van der Waals surface area contributed by atoms with E-state index in [0.29, 0.717) is 25.1 Å². The molecule has 3 heterocycles. The Morgan fingerprint density at radius 3 is 2.75 bits per heavy atom. The van der Waals surface area contributed by atoms with Crippen LogP contribution in [-0.4, -0.2) is 51.3 Å². The molecule has 7 nitrogen and oxygen atoms in total. The lowest BCUT2D eigenvalue weighted by molar-refractivity contribution is -0.159. The number of carboxylic acids is 1. The van der Waals surface area contributed by atoms with Gasteiger partial charge in [0.05, 0.1) is 23.8 Å². The highest BCUT2D eigenvalue weighted by Gasteiger charge is 2.54. The first-order valence-corrected chi connectivity index (χ1v) is 10.7. The maximum atomic E-state index is 14.2. The van der Waals surface area contributed by atoms with Crippen molar-refractivity contribution in [3.63, 3.8) is 0 Å². The molecule has 0 spiro atoms. The monoisotopic (exact) mass is 441 g/mol. The molecule has 2 aromatic rings. The summed E-state index contributed by atoms with van der Waals surface area (Å²) in [7, 11) is 0. The van der Waals surface area contributed by atoms with Crippen molar-refractivity contribution in [3.05, 3.63) is 58.9 Å². The molecule has 2 saturated heterocycles. The van der Waals surface area contributed by atoms with E-state index in [-0.39, 0.29) is 35.5 Å². The summed E-state index contributed by atoms with van der Waals surface area (Å²) >= 11 is 0. The summed E-state index contributed by atoms with van der Waals surface area (Å²) < 4.78 is 26.9. The molecule has 0 unspecified atom stereocenters. The molecule has 2 aromatic carbocycles. The maximum Gasteiger partial charge on any atom is 0.339 e. The highest BCUT2D eigenvalue weighted by Crippen LogP contribution is 2.53. The Labute approximate surface area is 184 Å². The van der Waals surface area contributed by atoms with Crippen molar-refractivity contribution in [2.45, 2.75) is 50.5 Å². The van der Waals surface area contributed by atoms with Gasteiger partial charge in [-0.15, -0.1) is 0 Å². The second-order valence-electron chi connectivity index (χ2n) is 9.19. The topological polar surface area (TPSA) is 96.3 Å². The number of likely N-dealkylation sites (tertiary alicyclic amines) is 1. The molecule has 1 amide bonds. The summed E-state index contributed by atoms with van der Waals surface area (Å²) in [6.07, 6.45) is 0.639. The number of carbonyl (C=O) groups is 2. The van der Waals surface area contributed by atoms with Crippen LogP contribution in [0.1, 0.15) is 59.1 Å². The lowest BCUT2D eigenvalue weighted by Crippen LogP contribution is -2.54. The Hall–Kier alpha value is -3.13. The number of phenolic OH excluding ortho intramolecular Hbond substituents is 1. The van der Waals surface area contributed by atoms with Crippen LogP contribution in [0, 0.1) is 11.7 Å². The fraction of sp³-hybridized carbons (Fsp3) is 0.417. The van der Waals surface area contributed by atoms with Gasteiger partial charge in [-0.2, -0.15) is 0 Å². The van der Waals surface area contributed by atoms with Crippen LogP contribution in [0.3, 0.4) is 0 Å². The Morgan fingerprint density at radius 2 is 2.00 bits per heavy atom. The van der Waals surface area contributed by atoms with Crippen molar-refractivity contribution < 1.29 is 33.7 Å². The first-order chi connectivity index (χ1) is 15.2. The van der Waals surface area contributed by atoms with Gasteiger partial charge in [-0.25, -0.2) is 9.18 Å². The van der Waals surface area contributed by atoms with Crippen LogP contribution in [0.5, 0.6) is 11.5 Å². The number of halogens is 1. The van der Waals surface area contributed by atoms with E-state index < -0.39 is 28.9 Å². The number of carboxylic acid groups (broad SMARTS) is 1. The molecule has 8 heteroatoms. The van der Waals surface area contributed by atoms with E-state index in [4.69, 9.17) is 9.47 Å². The molecule has 168 valence electrons. The Morgan fingerprint density at radius 1 is 1.22 bits per heavy atom. The number of ether oxygens (including phenoxy) is 2. The van der Waals surface area contributed by atoms with Crippen LogP contribution in [0.25, 0.3) is 0 Å². The normalized spacial score (nSPS) is 27.7. The van der Waals surface area contributed by atoms with Gasteiger partial charge >= 0.3 is 5.97 Å². The van der Waals surface area contributed by atoms with Gasteiger partial charge in [-0.3, -0.25) is 4.79 Å². The number of fused-ring (bicyclic) bond motifs is 4. The molecule has 0 bridgehead atoms. The van der Waals surface area contributed by atoms with Crippen molar-refractivity contribution in [3.8, 4) is 11.5 Å². The molecular weight excluding hydrogens is 417 g/mol. The molecule has 5 rings (SSSR count). The van der Waals surface area contributed by atoms with Gasteiger partial charge in [-0.05, 0) is 57.0 Å². The predicted molar refractivity (Wildman–Crippen MR) is 111 cm³/mol. The third-order valence-corrected chi connectivity index (χ3v) is 6.95. The maximum absolute atomic E-state index is 14.2. The largest absolute Gasteiger partial charge is 0.508 e. The van der Waals surface area contributed by atoms with Gasteiger partial charge in [0.15, 0.2) is 0 Å². The van der Waals surface area contributed by atoms with Gasteiger partial charge in [0.1, 0.15) is 28.5 Å². The SMILES string of the molecule is CC1(C)Oc2ccc(O)cc2[C@H]2O[C@H]3CCN(C(=O)c4cccc(F)c4C(=O)O)[C@@H]3C[C@@H]21. The van der Waals surface area contributed by atoms with E-state index in [0.717, 1.165) is 11.6 Å². The van der Waals surface area contributed by atoms with E-state index in [1.807, 2.05) is 13.8 Å². The number of amides is 1. The quantitative estimate of drug-likeness (QED) is 0.737. The van der Waals surface area contributed by atoms with Gasteiger partial charge < -0.3 is 24.6 Å². The third-order valence-electron chi connectivity index (χ3n) is 6.95. The van der Waals surface area contributed by atoms with Crippen LogP contribution >= 0.6 is 0 Å². The van der Waals surface area contributed by atoms with Crippen LogP contribution in [0.15, 0.2) is 36.4 Å². The molecule has 0 aromatic heterocycles. The smallest absolute Gasteiger partial charge is 0.339 e. The number of carbonyl (C=O) groups excluding carboxylic acids is 1. The van der Waals surface area contributed by atoms with Crippen LogP contribution < -0.4 is 4.74 Å². The summed E-state index contributed by atoms with van der Waals surface area (Å²) in [6, 6.07) is 8.42. The third kappa shape index (κ3) is 3.12. The summed E-state index contributed by atoms with van der Waals surface area (Å²) in [6.45, 7) is 4.33. The Balaban J connectivity index is 1.47. The van der Waals surface area contributed by atoms with Gasteiger partial charge in [0.25, 0.3) is 5.91 Å². The zero-order valence-corrected chi connectivity index (χ0v) is 17.7. The molecule has 32 heavy (non-hydrogen) atoms. The lowest BCUT2D eigenvalue weighted by atomic mass is 9.74. The van der Waals surface area contributed by atoms with Crippen LogP contribution in [-0.2, 0) is 4.74 Å². The number of aromatic hydroxyl groups is 1. The summed E-state index contributed by atoms with van der Waals surface area (Å²) in [5.41, 5.74) is -0.561. The average Bonchev–Trinajstić information content (AvgIpc) is 3.15. The fourth-order valence-corrected chi connectivity index (χ4v) is 5.41. The highest BCUT2D eigenvalue weighted by molar-refractivity contribution is 6.05. The number of aromatic carboxylic acids is 1. The van der Waals surface area contributed by atoms with Crippen LogP contribution in [0.4, 0.5) is 4.39 Å². The van der Waals surface area contributed by atoms with Gasteiger partial charge in [0, 0.05) is 18.0 Å². The number of hydrogen-bond donors (Lipinski definition) is 2. The average molecular weight is 441 g/mol. The van der Waals surface area contributed by atoms with Crippen molar-refractivity contribution in [2.75, 3.05) is 6.54 Å². The van der Waals surface area contributed by atoms with Gasteiger partial charge in [0.2, 0.25) is 0 Å². The zero-order valence-electron chi connectivity index (χ0n) is 17.7. The van der Waals surface area contributed by atoms with E-state index in [9.17, 15) is 24.2 Å². The van der Waals surface area contributed by atoms with Crippen LogP contribution in [0.2, 0.25) is 0 Å². The van der Waals surface area contributed by atoms with E-state index in [1.165, 1.54) is 12.1 Å². The number of phenols is 1. The van der Waals surface area contributed by atoms with Crippen molar-refractivity contribution >= 4 is 11.9 Å². The lowest BCUT2D eigenvalue weighted by Gasteiger charge is -2.50. The number of hydrogen-bond acceptors (Lipinski definition) is 5. The molecule has 4 atom stereocenters. The first-order valence-electron chi connectivity index (χ1n) is 10.7. The number of nitrogens with zero attached hydrogens (tertiary/aromatic N) is 1. The van der Waals surface area contributed by atoms with E-state index in [2.05, 4.69) is 0 Å². The van der Waals surface area contributed by atoms with Crippen molar-refractivity contribution in [2.24, 2.45) is 5.92 Å². The second-order valence-corrected chi connectivity index (χ2v) is 9.19. The minimum absolute atomic E-state index is 0.0992. The predicted octanol–water partition coefficient (Wildman–Crippen LogP) is 3.76. The van der Waals surface area contributed by atoms with Crippen molar-refractivity contribution in [1.29, 1.82) is 0 Å².